The molecule has 0 aliphatic rings. The molecule has 120 valence electrons. The molecule has 0 amide bonds. The first-order valence-electron chi connectivity index (χ1n) is 8.28. The van der Waals surface area contributed by atoms with Crippen molar-refractivity contribution in [2.24, 2.45) is 7.05 Å². The number of imidazole rings is 1. The summed E-state index contributed by atoms with van der Waals surface area (Å²) in [7, 11) is 4.25. The molecule has 0 saturated carbocycles. The summed E-state index contributed by atoms with van der Waals surface area (Å²) in [6.07, 6.45) is 0. The number of aromatic nitrogens is 2. The van der Waals surface area contributed by atoms with Gasteiger partial charge < -0.3 is 4.57 Å². The fraction of sp³-hybridized carbons (Fsp3) is 0.190. The number of benzene rings is 3. The highest BCUT2D eigenvalue weighted by Gasteiger charge is 2.11. The van der Waals surface area contributed by atoms with Gasteiger partial charge in [-0.15, -0.1) is 0 Å². The van der Waals surface area contributed by atoms with Crippen molar-refractivity contribution >= 4 is 21.8 Å². The fourth-order valence-electron chi connectivity index (χ4n) is 3.36. The molecule has 0 fully saturated rings. The normalized spacial score (nSPS) is 11.6. The summed E-state index contributed by atoms with van der Waals surface area (Å²) in [6.45, 7) is 1.74. The van der Waals surface area contributed by atoms with Crippen LogP contribution in [0.1, 0.15) is 11.4 Å². The van der Waals surface area contributed by atoms with E-state index in [1.54, 1.807) is 0 Å². The zero-order valence-corrected chi connectivity index (χ0v) is 14.1. The van der Waals surface area contributed by atoms with Crippen molar-refractivity contribution in [3.63, 3.8) is 0 Å². The van der Waals surface area contributed by atoms with E-state index in [4.69, 9.17) is 4.98 Å². The highest BCUT2D eigenvalue weighted by molar-refractivity contribution is 5.85. The van der Waals surface area contributed by atoms with Crippen molar-refractivity contribution in [2.75, 3.05) is 7.05 Å². The van der Waals surface area contributed by atoms with E-state index in [-0.39, 0.29) is 0 Å². The highest BCUT2D eigenvalue weighted by Crippen LogP contribution is 2.21. The Kier molecular flexibility index (Phi) is 3.79. The standard InChI is InChI=1S/C21H21N3/c1-23(14-17-10-7-9-16-8-3-4-11-18(16)17)15-21-22-19-12-5-6-13-20(19)24(21)2/h3-13H,14-15H2,1-2H3. The van der Waals surface area contributed by atoms with Crippen LogP contribution in [-0.4, -0.2) is 21.5 Å². The van der Waals surface area contributed by atoms with Crippen LogP contribution in [0.2, 0.25) is 0 Å². The molecular weight excluding hydrogens is 294 g/mol. The molecule has 0 saturated heterocycles. The molecule has 3 aromatic carbocycles. The largest absolute Gasteiger partial charge is 0.330 e. The molecule has 4 rings (SSSR count). The van der Waals surface area contributed by atoms with Crippen molar-refractivity contribution in [3.8, 4) is 0 Å². The summed E-state index contributed by atoms with van der Waals surface area (Å²) >= 11 is 0. The number of rotatable bonds is 4. The Morgan fingerprint density at radius 1 is 0.875 bits per heavy atom. The van der Waals surface area contributed by atoms with Crippen molar-refractivity contribution in [1.29, 1.82) is 0 Å². The molecule has 1 aromatic heterocycles. The monoisotopic (exact) mass is 315 g/mol. The molecule has 0 spiro atoms. The van der Waals surface area contributed by atoms with Gasteiger partial charge in [0.25, 0.3) is 0 Å². The van der Waals surface area contributed by atoms with E-state index in [2.05, 4.69) is 84.2 Å². The van der Waals surface area contributed by atoms with E-state index in [1.807, 2.05) is 6.07 Å². The molecular formula is C21H21N3. The summed E-state index contributed by atoms with van der Waals surface area (Å²) < 4.78 is 2.19. The zero-order chi connectivity index (χ0) is 16.5. The molecule has 0 atom stereocenters. The minimum atomic E-state index is 0.828. The molecule has 3 nitrogen and oxygen atoms in total. The first-order chi connectivity index (χ1) is 11.7. The van der Waals surface area contributed by atoms with Crippen LogP contribution in [0.5, 0.6) is 0 Å². The number of hydrogen-bond acceptors (Lipinski definition) is 2. The van der Waals surface area contributed by atoms with Crippen LogP contribution in [0.3, 0.4) is 0 Å². The van der Waals surface area contributed by atoms with Crippen molar-refractivity contribution in [2.45, 2.75) is 13.1 Å². The quantitative estimate of drug-likeness (QED) is 0.558. The van der Waals surface area contributed by atoms with E-state index >= 15 is 0 Å². The summed E-state index contributed by atoms with van der Waals surface area (Å²) in [4.78, 5) is 7.10. The number of aryl methyl sites for hydroxylation is 1. The molecule has 0 unspecified atom stereocenters. The smallest absolute Gasteiger partial charge is 0.123 e. The molecule has 1 heterocycles. The predicted molar refractivity (Wildman–Crippen MR) is 99.8 cm³/mol. The maximum absolute atomic E-state index is 4.78. The van der Waals surface area contributed by atoms with E-state index in [1.165, 1.54) is 21.9 Å². The summed E-state index contributed by atoms with van der Waals surface area (Å²) in [6, 6.07) is 23.4. The Morgan fingerprint density at radius 3 is 2.50 bits per heavy atom. The third-order valence-electron chi connectivity index (χ3n) is 4.61. The maximum atomic E-state index is 4.78. The van der Waals surface area contributed by atoms with E-state index in [9.17, 15) is 0 Å². The van der Waals surface area contributed by atoms with Gasteiger partial charge in [-0.3, -0.25) is 4.90 Å². The Hall–Kier alpha value is -2.65. The average molecular weight is 315 g/mol. The SMILES string of the molecule is CN(Cc1cccc2ccccc12)Cc1nc2ccccc2n1C. The van der Waals surface area contributed by atoms with Crippen molar-refractivity contribution in [3.05, 3.63) is 78.1 Å². The van der Waals surface area contributed by atoms with Gasteiger partial charge >= 0.3 is 0 Å². The number of fused-ring (bicyclic) bond motifs is 2. The lowest BCUT2D eigenvalue weighted by Gasteiger charge is -2.17. The van der Waals surface area contributed by atoms with Gasteiger partial charge in [-0.25, -0.2) is 4.98 Å². The molecule has 0 radical (unpaired) electrons. The second kappa shape index (κ2) is 6.10. The lowest BCUT2D eigenvalue weighted by Crippen LogP contribution is -2.19. The lowest BCUT2D eigenvalue weighted by atomic mass is 10.0. The summed E-state index contributed by atoms with van der Waals surface area (Å²) in [5.41, 5.74) is 3.61. The summed E-state index contributed by atoms with van der Waals surface area (Å²) in [5, 5.41) is 2.63. The Morgan fingerprint density at radius 2 is 1.62 bits per heavy atom. The van der Waals surface area contributed by atoms with Crippen LogP contribution in [0.15, 0.2) is 66.7 Å². The molecule has 24 heavy (non-hydrogen) atoms. The minimum absolute atomic E-state index is 0.828. The number of hydrogen-bond donors (Lipinski definition) is 0. The fourth-order valence-corrected chi connectivity index (χ4v) is 3.36. The van der Waals surface area contributed by atoms with E-state index in [0.717, 1.165) is 24.4 Å². The van der Waals surface area contributed by atoms with Crippen LogP contribution in [-0.2, 0) is 20.1 Å². The van der Waals surface area contributed by atoms with Crippen LogP contribution in [0.25, 0.3) is 21.8 Å². The molecule has 0 bridgehead atoms. The predicted octanol–water partition coefficient (Wildman–Crippen LogP) is 4.36. The van der Waals surface area contributed by atoms with Crippen molar-refractivity contribution < 1.29 is 0 Å². The van der Waals surface area contributed by atoms with Gasteiger partial charge in [0.2, 0.25) is 0 Å². The van der Waals surface area contributed by atoms with Gasteiger partial charge in [0.05, 0.1) is 17.6 Å². The first kappa shape index (κ1) is 14.9. The van der Waals surface area contributed by atoms with Crippen LogP contribution in [0, 0.1) is 0 Å². The van der Waals surface area contributed by atoms with Crippen LogP contribution in [0.4, 0.5) is 0 Å². The van der Waals surface area contributed by atoms with Gasteiger partial charge in [-0.2, -0.15) is 0 Å². The maximum Gasteiger partial charge on any atom is 0.123 e. The lowest BCUT2D eigenvalue weighted by molar-refractivity contribution is 0.309. The van der Waals surface area contributed by atoms with Gasteiger partial charge in [-0.1, -0.05) is 54.6 Å². The van der Waals surface area contributed by atoms with Gasteiger partial charge in [0.15, 0.2) is 0 Å². The molecule has 3 heteroatoms. The number of para-hydroxylation sites is 2. The van der Waals surface area contributed by atoms with Crippen LogP contribution < -0.4 is 0 Å². The second-order valence-corrected chi connectivity index (χ2v) is 6.39. The zero-order valence-electron chi connectivity index (χ0n) is 14.1. The second-order valence-electron chi connectivity index (χ2n) is 6.39. The molecule has 0 N–H and O–H groups in total. The molecule has 0 aliphatic carbocycles. The van der Waals surface area contributed by atoms with Crippen LogP contribution >= 0.6 is 0 Å². The number of nitrogens with zero attached hydrogens (tertiary/aromatic N) is 3. The van der Waals surface area contributed by atoms with Gasteiger partial charge in [0.1, 0.15) is 5.82 Å². The third-order valence-corrected chi connectivity index (χ3v) is 4.61. The topological polar surface area (TPSA) is 21.1 Å². The third kappa shape index (κ3) is 2.68. The average Bonchev–Trinajstić information content (AvgIpc) is 2.91. The molecule has 4 aromatic rings. The van der Waals surface area contributed by atoms with E-state index in [0.29, 0.717) is 0 Å². The Balaban J connectivity index is 1.59. The van der Waals surface area contributed by atoms with E-state index < -0.39 is 0 Å². The first-order valence-corrected chi connectivity index (χ1v) is 8.28. The van der Waals surface area contributed by atoms with Gasteiger partial charge in [0, 0.05) is 13.6 Å². The Bertz CT molecular complexity index is 995. The molecule has 0 aliphatic heterocycles. The van der Waals surface area contributed by atoms with Crippen molar-refractivity contribution in [1.82, 2.24) is 14.5 Å². The van der Waals surface area contributed by atoms with Gasteiger partial charge in [-0.05, 0) is 35.5 Å². The minimum Gasteiger partial charge on any atom is -0.330 e. The Labute approximate surface area is 142 Å². The summed E-state index contributed by atoms with van der Waals surface area (Å²) in [5.74, 6) is 1.10. The highest BCUT2D eigenvalue weighted by atomic mass is 15.2.